The van der Waals surface area contributed by atoms with Crippen LogP contribution >= 0.6 is 63.7 Å². The van der Waals surface area contributed by atoms with Crippen molar-refractivity contribution in [1.29, 1.82) is 0 Å². The highest BCUT2D eigenvalue weighted by molar-refractivity contribution is 9.11. The lowest BCUT2D eigenvalue weighted by atomic mass is 9.78. The maximum absolute atomic E-state index is 13.6. The molecule has 0 bridgehead atoms. The number of hydrogen-bond acceptors (Lipinski definition) is 12. The van der Waals surface area contributed by atoms with E-state index in [9.17, 15) is 39.0 Å². The highest BCUT2D eigenvalue weighted by Gasteiger charge is 2.36. The number of ether oxygens (including phenoxy) is 2. The number of halogens is 4. The molecule has 0 aliphatic heterocycles. The molecule has 2 aliphatic rings. The van der Waals surface area contributed by atoms with Crippen molar-refractivity contribution in [2.45, 2.75) is 213 Å². The van der Waals surface area contributed by atoms with Crippen molar-refractivity contribution in [3.05, 3.63) is 171 Å². The number of phenolic OH excluding ortho intramolecular Hbond substituents is 2. The molecule has 6 aromatic carbocycles. The molecule has 0 fully saturated rings. The Kier molecular flexibility index (Phi) is 32.9. The Bertz CT molecular complexity index is 3660. The van der Waals surface area contributed by atoms with Crippen molar-refractivity contribution in [2.75, 3.05) is 36.9 Å². The lowest BCUT2D eigenvalue weighted by Gasteiger charge is -2.28. The molecule has 2 unspecified atom stereocenters. The van der Waals surface area contributed by atoms with E-state index in [1.807, 2.05) is 24.3 Å². The van der Waals surface area contributed by atoms with Crippen LogP contribution in [0.15, 0.2) is 115 Å². The van der Waals surface area contributed by atoms with Crippen LogP contribution < -0.4 is 21.3 Å². The fraction of sp³-hybridized carbons (Fsp3) is 0.481. The van der Waals surface area contributed by atoms with Gasteiger partial charge in [-0.1, -0.05) is 236 Å². The Morgan fingerprint density at radius 2 is 0.667 bits per heavy atom. The monoisotopic (exact) mass is 1600 g/mol. The van der Waals surface area contributed by atoms with E-state index in [2.05, 4.69) is 98.8 Å². The molecule has 8 rings (SSSR count). The maximum Gasteiger partial charge on any atom is 0.407 e. The van der Waals surface area contributed by atoms with Crippen molar-refractivity contribution in [2.24, 2.45) is 11.8 Å². The van der Waals surface area contributed by atoms with Gasteiger partial charge < -0.3 is 41.0 Å². The van der Waals surface area contributed by atoms with Crippen LogP contribution in [0.4, 0.5) is 32.3 Å². The van der Waals surface area contributed by atoms with Gasteiger partial charge in [-0.2, -0.15) is 0 Å². The van der Waals surface area contributed by atoms with Gasteiger partial charge in [-0.05, 0) is 148 Å². The summed E-state index contributed by atoms with van der Waals surface area (Å²) in [7, 11) is 0. The van der Waals surface area contributed by atoms with Crippen LogP contribution in [0.3, 0.4) is 0 Å². The first kappa shape index (κ1) is 78.4. The van der Waals surface area contributed by atoms with Gasteiger partial charge in [-0.15, -0.1) is 0 Å². The van der Waals surface area contributed by atoms with Crippen LogP contribution in [-0.4, -0.2) is 71.8 Å². The third kappa shape index (κ3) is 23.1. The summed E-state index contributed by atoms with van der Waals surface area (Å²) in [6.07, 6.45) is 37.1. The van der Waals surface area contributed by atoms with E-state index in [1.54, 1.807) is 60.7 Å². The van der Waals surface area contributed by atoms with Gasteiger partial charge in [-0.25, -0.2) is 9.59 Å². The van der Waals surface area contributed by atoms with Gasteiger partial charge in [0.25, 0.3) is 0 Å². The van der Waals surface area contributed by atoms with Gasteiger partial charge in [0.1, 0.15) is 11.5 Å². The normalized spacial score (nSPS) is 12.9. The Morgan fingerprint density at radius 1 is 0.384 bits per heavy atom. The number of unbranched alkanes of at least 4 members (excludes halogenated alkanes) is 21. The maximum atomic E-state index is 13.6. The quantitative estimate of drug-likeness (QED) is 0.0156. The molecule has 0 spiro atoms. The van der Waals surface area contributed by atoms with E-state index in [0.717, 1.165) is 48.6 Å². The van der Waals surface area contributed by atoms with E-state index < -0.39 is 23.8 Å². The zero-order valence-electron chi connectivity index (χ0n) is 57.8. The molecule has 0 saturated heterocycles. The number of rotatable bonds is 44. The number of nitrogens with one attached hydrogen (secondary N) is 4. The Balaban J connectivity index is 0.626. The van der Waals surface area contributed by atoms with E-state index in [1.165, 1.54) is 173 Å². The average molecular weight is 1610 g/mol. The topological polar surface area (TPSA) is 209 Å². The molecule has 0 heterocycles. The SMILES string of the molecule is CCCCCCC(CCCCCCCCCCCNC(=O)OCCc1cc(Br)c(Nc2ccc(O)c3c2C(=O)c2ccccc2C3=O)c(Br)c1)C(CCCCC)CCCCCCCCCCCNC(=O)OCCc1cc(Br)c(Nc2ccc(O)c3c2C(=O)c2ccccc2C3=O)c(Br)c1. The molecule has 532 valence electrons. The summed E-state index contributed by atoms with van der Waals surface area (Å²) >= 11 is 14.6. The number of ketones is 4. The van der Waals surface area contributed by atoms with Crippen molar-refractivity contribution in [1.82, 2.24) is 10.6 Å². The summed E-state index contributed by atoms with van der Waals surface area (Å²) in [4.78, 5) is 79.0. The number of aromatic hydroxyl groups is 2. The van der Waals surface area contributed by atoms with E-state index in [0.29, 0.717) is 77.7 Å². The van der Waals surface area contributed by atoms with Crippen LogP contribution in [0, 0.1) is 11.8 Å². The first-order valence-corrected chi connectivity index (χ1v) is 39.7. The van der Waals surface area contributed by atoms with Gasteiger partial charge in [0.05, 0.1) is 58.2 Å². The largest absolute Gasteiger partial charge is 0.507 e. The van der Waals surface area contributed by atoms with E-state index >= 15 is 0 Å². The fourth-order valence-electron chi connectivity index (χ4n) is 13.9. The number of fused-ring (bicyclic) bond motifs is 4. The third-order valence-corrected chi connectivity index (χ3v) is 21.9. The van der Waals surface area contributed by atoms with Crippen LogP contribution in [0.5, 0.6) is 11.5 Å². The molecule has 6 N–H and O–H groups in total. The Labute approximate surface area is 620 Å². The highest BCUT2D eigenvalue weighted by atomic mass is 79.9. The third-order valence-electron chi connectivity index (χ3n) is 19.4. The highest BCUT2D eigenvalue weighted by Crippen LogP contribution is 2.44. The minimum atomic E-state index is -0.417. The Hall–Kier alpha value is -6.34. The minimum Gasteiger partial charge on any atom is -0.507 e. The molecule has 0 aromatic heterocycles. The number of carbonyl (C=O) groups excluding carboxylic acids is 6. The second kappa shape index (κ2) is 41.5. The molecule has 14 nitrogen and oxygen atoms in total. The number of alkyl carbamates (subject to hydrolysis) is 2. The molecule has 2 amide bonds. The molecule has 2 atom stereocenters. The summed E-state index contributed by atoms with van der Waals surface area (Å²) in [5.41, 5.74) is 5.27. The van der Waals surface area contributed by atoms with Gasteiger partial charge in [-0.3, -0.25) is 19.2 Å². The number of amides is 2. The standard InChI is InChI=1S/C81H100Br4N4O10/c1-3-5-7-23-33-57(35-25-19-15-11-9-13-17-21-31-47-87-81(97)99-49-45-55-52-64(84)75(65(85)53-55)89-67-41-43-69(91)73-71(67)77(93)59-37-27-29-39-61(59)79(73)95)56(32-22-6-4-2)34-24-18-14-10-8-12-16-20-30-46-86-80(96)98-48-44-54-50-62(82)74(63(83)51-54)88-66-40-42-68(90)72-70(66)76(92)58-36-26-28-38-60(58)78(72)94/h26-29,36-43,50-53,56-57,88-91H,3-25,30-35,44-49H2,1-2H3,(H,86,96)(H,87,97). The summed E-state index contributed by atoms with van der Waals surface area (Å²) in [6, 6.07) is 27.0. The number of carbonyl (C=O) groups is 6. The summed E-state index contributed by atoms with van der Waals surface area (Å²) in [5.74, 6) is -0.251. The fourth-order valence-corrected chi connectivity index (χ4v) is 16.9. The molecular weight excluding hydrogens is 1510 g/mol. The number of anilines is 4. The van der Waals surface area contributed by atoms with Gasteiger partial charge in [0.2, 0.25) is 0 Å². The Morgan fingerprint density at radius 3 is 1.00 bits per heavy atom. The molecule has 0 radical (unpaired) electrons. The van der Waals surface area contributed by atoms with Crippen molar-refractivity contribution < 1.29 is 48.5 Å². The van der Waals surface area contributed by atoms with Crippen molar-refractivity contribution in [3.8, 4) is 11.5 Å². The van der Waals surface area contributed by atoms with E-state index in [-0.39, 0.29) is 69.7 Å². The number of phenols is 2. The predicted molar refractivity (Wildman–Crippen MR) is 411 cm³/mol. The first-order valence-electron chi connectivity index (χ1n) is 36.5. The number of benzene rings is 6. The second-order valence-corrected chi connectivity index (χ2v) is 30.1. The van der Waals surface area contributed by atoms with Crippen LogP contribution in [0.1, 0.15) is 275 Å². The number of hydrogen-bond donors (Lipinski definition) is 6. The van der Waals surface area contributed by atoms with Crippen molar-refractivity contribution in [3.63, 3.8) is 0 Å². The summed E-state index contributed by atoms with van der Waals surface area (Å²) in [6.45, 7) is 6.24. The summed E-state index contributed by atoms with van der Waals surface area (Å²) in [5, 5.41) is 33.7. The molecule has 99 heavy (non-hydrogen) atoms. The molecule has 0 saturated carbocycles. The van der Waals surface area contributed by atoms with Crippen LogP contribution in [0.2, 0.25) is 0 Å². The smallest absolute Gasteiger partial charge is 0.407 e. The van der Waals surface area contributed by atoms with Gasteiger partial charge in [0, 0.05) is 66.1 Å². The molecule has 6 aromatic rings. The zero-order chi connectivity index (χ0) is 70.5. The lowest BCUT2D eigenvalue weighted by Crippen LogP contribution is -2.26. The predicted octanol–water partition coefficient (Wildman–Crippen LogP) is 23.0. The molecule has 18 heteroatoms. The molecular formula is C81H100Br4N4O10. The average Bonchev–Trinajstić information content (AvgIpc) is 0.751. The summed E-state index contributed by atoms with van der Waals surface area (Å²) < 4.78 is 13.9. The minimum absolute atomic E-state index is 0.0166. The van der Waals surface area contributed by atoms with Crippen molar-refractivity contribution >= 4 is 122 Å². The second-order valence-electron chi connectivity index (χ2n) is 26.7. The first-order chi connectivity index (χ1) is 48.1. The van der Waals surface area contributed by atoms with Gasteiger partial charge in [0.15, 0.2) is 23.1 Å². The van der Waals surface area contributed by atoms with Crippen LogP contribution in [0.25, 0.3) is 0 Å². The van der Waals surface area contributed by atoms with E-state index in [4.69, 9.17) is 9.47 Å². The zero-order valence-corrected chi connectivity index (χ0v) is 64.2. The lowest BCUT2D eigenvalue weighted by molar-refractivity contribution is 0.0977. The van der Waals surface area contributed by atoms with Crippen LogP contribution in [-0.2, 0) is 22.3 Å². The molecule has 2 aliphatic carbocycles. The van der Waals surface area contributed by atoms with Gasteiger partial charge >= 0.3 is 12.2 Å².